The number of nitro groups is 1. The lowest BCUT2D eigenvalue weighted by atomic mass is 9.97. The Morgan fingerprint density at radius 2 is 2.00 bits per heavy atom. The SMILES string of the molecule is CC(C)(C)C(=O)OCC1Cc2cc([N+](=O)[O-])ccc2N1Cc1ccccc1I. The molecule has 0 N–H and O–H groups in total. The lowest BCUT2D eigenvalue weighted by Gasteiger charge is -2.29. The van der Waals surface area contributed by atoms with Crippen molar-refractivity contribution in [3.63, 3.8) is 0 Å². The summed E-state index contributed by atoms with van der Waals surface area (Å²) in [5.41, 5.74) is 2.56. The van der Waals surface area contributed by atoms with E-state index in [2.05, 4.69) is 39.6 Å². The van der Waals surface area contributed by atoms with Crippen LogP contribution in [0, 0.1) is 19.1 Å². The smallest absolute Gasteiger partial charge is 0.311 e. The molecule has 28 heavy (non-hydrogen) atoms. The van der Waals surface area contributed by atoms with Crippen molar-refractivity contribution in [1.82, 2.24) is 0 Å². The molecule has 0 saturated carbocycles. The zero-order chi connectivity index (χ0) is 20.5. The fourth-order valence-electron chi connectivity index (χ4n) is 3.25. The predicted molar refractivity (Wildman–Crippen MR) is 116 cm³/mol. The number of nitro benzene ring substituents is 1. The lowest BCUT2D eigenvalue weighted by Crippen LogP contribution is -2.37. The second kappa shape index (κ2) is 8.06. The van der Waals surface area contributed by atoms with Gasteiger partial charge in [-0.25, -0.2) is 0 Å². The predicted octanol–water partition coefficient (Wildman–Crippen LogP) is 4.72. The Balaban J connectivity index is 1.88. The molecule has 148 valence electrons. The number of carbonyl (C=O) groups excluding carboxylic acids is 1. The number of rotatable bonds is 5. The molecule has 0 spiro atoms. The molecule has 3 rings (SSSR count). The van der Waals surface area contributed by atoms with E-state index in [9.17, 15) is 14.9 Å². The highest BCUT2D eigenvalue weighted by atomic mass is 127. The van der Waals surface area contributed by atoms with Crippen LogP contribution in [0.1, 0.15) is 31.9 Å². The molecule has 1 atom stereocenters. The number of hydrogen-bond donors (Lipinski definition) is 0. The number of nitrogens with zero attached hydrogens (tertiary/aromatic N) is 2. The second-order valence-electron chi connectivity index (χ2n) is 8.00. The molecule has 0 bridgehead atoms. The third-order valence-electron chi connectivity index (χ3n) is 4.80. The molecule has 0 aliphatic carbocycles. The summed E-state index contributed by atoms with van der Waals surface area (Å²) in [5, 5.41) is 11.1. The van der Waals surface area contributed by atoms with Crippen LogP contribution in [0.3, 0.4) is 0 Å². The minimum Gasteiger partial charge on any atom is -0.463 e. The van der Waals surface area contributed by atoms with Crippen LogP contribution in [-0.2, 0) is 22.5 Å². The Labute approximate surface area is 178 Å². The monoisotopic (exact) mass is 494 g/mol. The Morgan fingerprint density at radius 1 is 1.29 bits per heavy atom. The van der Waals surface area contributed by atoms with E-state index in [1.807, 2.05) is 32.9 Å². The Hall–Kier alpha value is -2.16. The van der Waals surface area contributed by atoms with Crippen molar-refractivity contribution in [2.75, 3.05) is 11.5 Å². The van der Waals surface area contributed by atoms with Crippen molar-refractivity contribution in [2.24, 2.45) is 5.41 Å². The fraction of sp³-hybridized carbons (Fsp3) is 0.381. The number of esters is 1. The van der Waals surface area contributed by atoms with Gasteiger partial charge in [0.05, 0.1) is 16.4 Å². The Bertz CT molecular complexity index is 908. The molecule has 0 fully saturated rings. The molecule has 2 aromatic rings. The van der Waals surface area contributed by atoms with Crippen molar-refractivity contribution >= 4 is 39.9 Å². The summed E-state index contributed by atoms with van der Waals surface area (Å²) in [6, 6.07) is 13.0. The molecule has 1 aliphatic rings. The standard InChI is InChI=1S/C21H23IN2O4/c1-21(2,3)20(25)28-13-17-11-15-10-16(24(26)27)8-9-19(15)23(17)12-14-6-4-5-7-18(14)22/h4-10,17H,11-13H2,1-3H3. The van der Waals surface area contributed by atoms with Gasteiger partial charge in [0, 0.05) is 27.9 Å². The van der Waals surface area contributed by atoms with Crippen molar-refractivity contribution in [2.45, 2.75) is 39.8 Å². The molecule has 1 aliphatic heterocycles. The normalized spacial score (nSPS) is 16.0. The van der Waals surface area contributed by atoms with E-state index in [1.165, 1.54) is 11.6 Å². The lowest BCUT2D eigenvalue weighted by molar-refractivity contribution is -0.384. The van der Waals surface area contributed by atoms with Gasteiger partial charge in [-0.2, -0.15) is 0 Å². The second-order valence-corrected chi connectivity index (χ2v) is 9.16. The first-order valence-corrected chi connectivity index (χ1v) is 10.2. The third-order valence-corrected chi connectivity index (χ3v) is 5.85. The van der Waals surface area contributed by atoms with Gasteiger partial charge in [-0.05, 0) is 73.0 Å². The summed E-state index contributed by atoms with van der Waals surface area (Å²) in [4.78, 5) is 25.2. The third kappa shape index (κ3) is 4.45. The van der Waals surface area contributed by atoms with E-state index >= 15 is 0 Å². The largest absolute Gasteiger partial charge is 0.463 e. The number of hydrogen-bond acceptors (Lipinski definition) is 5. The van der Waals surface area contributed by atoms with Gasteiger partial charge in [-0.15, -0.1) is 0 Å². The highest BCUT2D eigenvalue weighted by Crippen LogP contribution is 2.36. The highest BCUT2D eigenvalue weighted by molar-refractivity contribution is 14.1. The number of carbonyl (C=O) groups is 1. The molecular weight excluding hydrogens is 471 g/mol. The summed E-state index contributed by atoms with van der Waals surface area (Å²) in [6.07, 6.45) is 0.609. The maximum Gasteiger partial charge on any atom is 0.311 e. The minimum absolute atomic E-state index is 0.0562. The number of fused-ring (bicyclic) bond motifs is 1. The topological polar surface area (TPSA) is 72.7 Å². The number of benzene rings is 2. The molecule has 1 unspecified atom stereocenters. The van der Waals surface area contributed by atoms with E-state index < -0.39 is 5.41 Å². The summed E-state index contributed by atoms with van der Waals surface area (Å²) in [5.74, 6) is -0.247. The quantitative estimate of drug-likeness (QED) is 0.260. The van der Waals surface area contributed by atoms with E-state index in [1.54, 1.807) is 12.1 Å². The van der Waals surface area contributed by atoms with Crippen LogP contribution >= 0.6 is 22.6 Å². The molecule has 0 amide bonds. The Kier molecular flexibility index (Phi) is 5.92. The van der Waals surface area contributed by atoms with Crippen LogP contribution in [0.25, 0.3) is 0 Å². The van der Waals surface area contributed by atoms with Gasteiger partial charge >= 0.3 is 5.97 Å². The van der Waals surface area contributed by atoms with Gasteiger partial charge in [0.2, 0.25) is 0 Å². The molecular formula is C21H23IN2O4. The molecule has 6 nitrogen and oxygen atoms in total. The first-order valence-electron chi connectivity index (χ1n) is 9.11. The summed E-state index contributed by atoms with van der Waals surface area (Å²) < 4.78 is 6.73. The van der Waals surface area contributed by atoms with Crippen LogP contribution in [-0.4, -0.2) is 23.5 Å². The number of halogens is 1. The van der Waals surface area contributed by atoms with E-state index in [0.29, 0.717) is 13.0 Å². The molecule has 0 radical (unpaired) electrons. The Morgan fingerprint density at radius 3 is 2.64 bits per heavy atom. The maximum absolute atomic E-state index is 12.2. The van der Waals surface area contributed by atoms with Crippen molar-refractivity contribution in [3.8, 4) is 0 Å². The average Bonchev–Trinajstić information content (AvgIpc) is 2.97. The van der Waals surface area contributed by atoms with Crippen molar-refractivity contribution in [3.05, 3.63) is 67.3 Å². The molecule has 0 saturated heterocycles. The number of anilines is 1. The summed E-state index contributed by atoms with van der Waals surface area (Å²) in [7, 11) is 0. The summed E-state index contributed by atoms with van der Waals surface area (Å²) in [6.45, 7) is 6.38. The van der Waals surface area contributed by atoms with Gasteiger partial charge in [0.1, 0.15) is 6.61 Å². The fourth-order valence-corrected chi connectivity index (χ4v) is 3.81. The maximum atomic E-state index is 12.2. The number of non-ortho nitro benzene ring substituents is 1. The zero-order valence-electron chi connectivity index (χ0n) is 16.1. The molecule has 2 aromatic carbocycles. The van der Waals surface area contributed by atoms with Gasteiger partial charge in [-0.3, -0.25) is 14.9 Å². The van der Waals surface area contributed by atoms with Crippen LogP contribution < -0.4 is 4.90 Å². The van der Waals surface area contributed by atoms with Gasteiger partial charge in [0.25, 0.3) is 5.69 Å². The van der Waals surface area contributed by atoms with Crippen LogP contribution in [0.5, 0.6) is 0 Å². The van der Waals surface area contributed by atoms with Crippen LogP contribution in [0.15, 0.2) is 42.5 Å². The minimum atomic E-state index is -0.566. The van der Waals surface area contributed by atoms with E-state index in [-0.39, 0.29) is 29.2 Å². The first-order chi connectivity index (χ1) is 13.2. The van der Waals surface area contributed by atoms with Crippen molar-refractivity contribution < 1.29 is 14.5 Å². The molecule has 0 aromatic heterocycles. The van der Waals surface area contributed by atoms with Gasteiger partial charge in [-0.1, -0.05) is 18.2 Å². The van der Waals surface area contributed by atoms with Gasteiger partial charge in [0.15, 0.2) is 0 Å². The highest BCUT2D eigenvalue weighted by Gasteiger charge is 2.33. The molecule has 1 heterocycles. The number of ether oxygens (including phenoxy) is 1. The summed E-state index contributed by atoms with van der Waals surface area (Å²) >= 11 is 2.31. The van der Waals surface area contributed by atoms with Gasteiger partial charge < -0.3 is 9.64 Å². The zero-order valence-corrected chi connectivity index (χ0v) is 18.3. The molecule has 7 heteroatoms. The van der Waals surface area contributed by atoms with E-state index in [0.717, 1.165) is 14.8 Å². The van der Waals surface area contributed by atoms with Crippen LogP contribution in [0.4, 0.5) is 11.4 Å². The van der Waals surface area contributed by atoms with Crippen molar-refractivity contribution in [1.29, 1.82) is 0 Å². The van der Waals surface area contributed by atoms with E-state index in [4.69, 9.17) is 4.74 Å². The van der Waals surface area contributed by atoms with Crippen LogP contribution in [0.2, 0.25) is 0 Å². The average molecular weight is 494 g/mol. The first kappa shape index (κ1) is 20.6.